The normalized spacial score (nSPS) is 17.9. The van der Waals surface area contributed by atoms with Crippen molar-refractivity contribution < 1.29 is 13.2 Å². The molecule has 0 unspecified atom stereocenters. The van der Waals surface area contributed by atoms with E-state index in [1.54, 1.807) is 24.3 Å². The van der Waals surface area contributed by atoms with E-state index in [2.05, 4.69) is 5.32 Å². The second-order valence-corrected chi connectivity index (χ2v) is 5.77. The van der Waals surface area contributed by atoms with E-state index in [1.165, 1.54) is 11.4 Å². The van der Waals surface area contributed by atoms with Crippen LogP contribution in [0.5, 0.6) is 5.75 Å². The second-order valence-electron chi connectivity index (χ2n) is 3.83. The molecule has 0 spiro atoms. The Kier molecular flexibility index (Phi) is 3.66. The summed E-state index contributed by atoms with van der Waals surface area (Å²) in [5.74, 6) is 0.557. The molecular formula is C11H16N2O3S. The van der Waals surface area contributed by atoms with Crippen molar-refractivity contribution in [2.24, 2.45) is 0 Å². The first-order valence-electron chi connectivity index (χ1n) is 5.49. The molecule has 0 saturated carbocycles. The molecule has 6 heteroatoms. The summed E-state index contributed by atoms with van der Waals surface area (Å²) in [7, 11) is -1.86. The van der Waals surface area contributed by atoms with Crippen molar-refractivity contribution in [2.75, 3.05) is 33.3 Å². The minimum Gasteiger partial charge on any atom is -0.497 e. The van der Waals surface area contributed by atoms with E-state index in [-0.39, 0.29) is 0 Å². The highest BCUT2D eigenvalue weighted by atomic mass is 32.2. The topological polar surface area (TPSA) is 58.6 Å². The Hall–Kier alpha value is -1.11. The van der Waals surface area contributed by atoms with Gasteiger partial charge >= 0.3 is 0 Å². The Balaban J connectivity index is 2.29. The summed E-state index contributed by atoms with van der Waals surface area (Å²) in [5.41, 5.74) is 0. The van der Waals surface area contributed by atoms with Crippen LogP contribution < -0.4 is 10.1 Å². The molecule has 0 aromatic heterocycles. The summed E-state index contributed by atoms with van der Waals surface area (Å²) in [6, 6.07) is 6.57. The van der Waals surface area contributed by atoms with E-state index in [4.69, 9.17) is 4.74 Å². The number of ether oxygens (including phenoxy) is 1. The van der Waals surface area contributed by atoms with Crippen LogP contribution >= 0.6 is 0 Å². The van der Waals surface area contributed by atoms with Gasteiger partial charge in [-0.2, -0.15) is 4.31 Å². The number of hydrogen-bond donors (Lipinski definition) is 1. The molecule has 0 atom stereocenters. The Morgan fingerprint density at radius 2 is 2.00 bits per heavy atom. The largest absolute Gasteiger partial charge is 0.497 e. The van der Waals surface area contributed by atoms with E-state index >= 15 is 0 Å². The van der Waals surface area contributed by atoms with Crippen molar-refractivity contribution in [1.29, 1.82) is 0 Å². The number of nitrogens with zero attached hydrogens (tertiary/aromatic N) is 1. The fourth-order valence-electron chi connectivity index (χ4n) is 1.80. The number of methoxy groups -OCH3 is 1. The standard InChI is InChI=1S/C11H16N2O3S/c1-16-10-3-2-4-11(9-10)17(14,15)13-7-5-12-6-8-13/h2-4,9,12H,5-8H2,1H3. The summed E-state index contributed by atoms with van der Waals surface area (Å²) >= 11 is 0. The van der Waals surface area contributed by atoms with Crippen molar-refractivity contribution in [3.63, 3.8) is 0 Å². The minimum atomic E-state index is -3.38. The van der Waals surface area contributed by atoms with Gasteiger partial charge in [-0.1, -0.05) is 6.07 Å². The van der Waals surface area contributed by atoms with Crippen LogP contribution in [0, 0.1) is 0 Å². The summed E-state index contributed by atoms with van der Waals surface area (Å²) < 4.78 is 31.1. The van der Waals surface area contributed by atoms with Crippen LogP contribution in [0.2, 0.25) is 0 Å². The molecule has 1 aliphatic heterocycles. The first-order valence-corrected chi connectivity index (χ1v) is 6.93. The monoisotopic (exact) mass is 256 g/mol. The number of benzene rings is 1. The van der Waals surface area contributed by atoms with Gasteiger partial charge in [0.25, 0.3) is 0 Å². The predicted octanol–water partition coefficient (Wildman–Crippen LogP) is 0.289. The first kappa shape index (κ1) is 12.3. The van der Waals surface area contributed by atoms with Gasteiger partial charge in [0.1, 0.15) is 5.75 Å². The third kappa shape index (κ3) is 2.59. The summed E-state index contributed by atoms with van der Waals surface area (Å²) in [6.45, 7) is 2.42. The third-order valence-electron chi connectivity index (χ3n) is 2.75. The van der Waals surface area contributed by atoms with Crippen LogP contribution in [0.1, 0.15) is 0 Å². The molecule has 2 rings (SSSR count). The smallest absolute Gasteiger partial charge is 0.243 e. The molecule has 1 aromatic carbocycles. The van der Waals surface area contributed by atoms with Crippen molar-refractivity contribution >= 4 is 10.0 Å². The number of hydrogen-bond acceptors (Lipinski definition) is 4. The van der Waals surface area contributed by atoms with Gasteiger partial charge in [-0.25, -0.2) is 8.42 Å². The highest BCUT2D eigenvalue weighted by Crippen LogP contribution is 2.20. The number of piperazine rings is 1. The number of nitrogens with one attached hydrogen (secondary N) is 1. The van der Waals surface area contributed by atoms with Crippen molar-refractivity contribution in [2.45, 2.75) is 4.90 Å². The molecule has 1 aromatic rings. The molecule has 1 saturated heterocycles. The molecule has 1 heterocycles. The third-order valence-corrected chi connectivity index (χ3v) is 4.65. The zero-order valence-corrected chi connectivity index (χ0v) is 10.5. The molecule has 94 valence electrons. The molecule has 0 amide bonds. The second kappa shape index (κ2) is 5.03. The Labute approximate surface area is 101 Å². The van der Waals surface area contributed by atoms with Gasteiger partial charge in [0, 0.05) is 32.2 Å². The number of rotatable bonds is 3. The van der Waals surface area contributed by atoms with Gasteiger partial charge in [-0.3, -0.25) is 0 Å². The van der Waals surface area contributed by atoms with E-state index < -0.39 is 10.0 Å². The van der Waals surface area contributed by atoms with E-state index in [0.717, 1.165) is 0 Å². The summed E-state index contributed by atoms with van der Waals surface area (Å²) in [6.07, 6.45) is 0. The molecule has 1 fully saturated rings. The Morgan fingerprint density at radius 3 is 2.65 bits per heavy atom. The molecule has 5 nitrogen and oxygen atoms in total. The average molecular weight is 256 g/mol. The highest BCUT2D eigenvalue weighted by Gasteiger charge is 2.25. The van der Waals surface area contributed by atoms with E-state index in [0.29, 0.717) is 36.8 Å². The maximum absolute atomic E-state index is 12.3. The number of sulfonamides is 1. The lowest BCUT2D eigenvalue weighted by Crippen LogP contribution is -2.46. The van der Waals surface area contributed by atoms with Crippen molar-refractivity contribution in [3.05, 3.63) is 24.3 Å². The maximum atomic E-state index is 12.3. The SMILES string of the molecule is COc1cccc(S(=O)(=O)N2CCNCC2)c1. The lowest BCUT2D eigenvalue weighted by molar-refractivity contribution is 0.359. The molecular weight excluding hydrogens is 240 g/mol. The van der Waals surface area contributed by atoms with Crippen molar-refractivity contribution in [1.82, 2.24) is 9.62 Å². The molecule has 1 N–H and O–H groups in total. The quantitative estimate of drug-likeness (QED) is 0.844. The van der Waals surface area contributed by atoms with Crippen LogP contribution in [-0.4, -0.2) is 46.0 Å². The van der Waals surface area contributed by atoms with Crippen LogP contribution in [0.25, 0.3) is 0 Å². The minimum absolute atomic E-state index is 0.291. The van der Waals surface area contributed by atoms with E-state index in [9.17, 15) is 8.42 Å². The summed E-state index contributed by atoms with van der Waals surface area (Å²) in [5, 5.41) is 3.13. The lowest BCUT2D eigenvalue weighted by atomic mass is 10.3. The van der Waals surface area contributed by atoms with Gasteiger partial charge in [0.2, 0.25) is 10.0 Å². The van der Waals surface area contributed by atoms with Gasteiger partial charge in [0.05, 0.1) is 12.0 Å². The van der Waals surface area contributed by atoms with Gasteiger partial charge in [-0.05, 0) is 12.1 Å². The van der Waals surface area contributed by atoms with Gasteiger partial charge in [-0.15, -0.1) is 0 Å². The average Bonchev–Trinajstić information content (AvgIpc) is 2.40. The van der Waals surface area contributed by atoms with Crippen LogP contribution in [0.15, 0.2) is 29.2 Å². The van der Waals surface area contributed by atoms with E-state index in [1.807, 2.05) is 0 Å². The summed E-state index contributed by atoms with van der Waals surface area (Å²) in [4.78, 5) is 0.291. The highest BCUT2D eigenvalue weighted by molar-refractivity contribution is 7.89. The first-order chi connectivity index (χ1) is 8.14. The molecule has 17 heavy (non-hydrogen) atoms. The Bertz CT molecular complexity index is 481. The molecule has 0 aliphatic carbocycles. The fraction of sp³-hybridized carbons (Fsp3) is 0.455. The Morgan fingerprint density at radius 1 is 1.29 bits per heavy atom. The zero-order valence-electron chi connectivity index (χ0n) is 9.72. The predicted molar refractivity (Wildman–Crippen MR) is 64.6 cm³/mol. The molecule has 0 radical (unpaired) electrons. The van der Waals surface area contributed by atoms with Crippen LogP contribution in [0.4, 0.5) is 0 Å². The van der Waals surface area contributed by atoms with Gasteiger partial charge < -0.3 is 10.1 Å². The lowest BCUT2D eigenvalue weighted by Gasteiger charge is -2.26. The molecule has 0 bridgehead atoms. The van der Waals surface area contributed by atoms with Gasteiger partial charge in [0.15, 0.2) is 0 Å². The molecule has 1 aliphatic rings. The van der Waals surface area contributed by atoms with Crippen LogP contribution in [-0.2, 0) is 10.0 Å². The van der Waals surface area contributed by atoms with Crippen molar-refractivity contribution in [3.8, 4) is 5.75 Å². The van der Waals surface area contributed by atoms with Crippen LogP contribution in [0.3, 0.4) is 0 Å². The maximum Gasteiger partial charge on any atom is 0.243 e. The zero-order chi connectivity index (χ0) is 12.3. The fourth-order valence-corrected chi connectivity index (χ4v) is 3.27.